The number of unbranched alkanes of at least 4 members (excludes halogenated alkanes) is 2. The fourth-order valence-electron chi connectivity index (χ4n) is 5.98. The molecular formula is C34H58O3. The number of fused-ring (bicyclic) bond motifs is 1. The molecule has 0 fully saturated rings. The Kier molecular flexibility index (Phi) is 13.5. The van der Waals surface area contributed by atoms with Gasteiger partial charge in [0.05, 0.1) is 6.61 Å². The zero-order valence-electron chi connectivity index (χ0n) is 25.6. The van der Waals surface area contributed by atoms with Gasteiger partial charge in [0, 0.05) is 12.0 Å². The summed E-state index contributed by atoms with van der Waals surface area (Å²) in [6.07, 6.45) is 17.5. The average Bonchev–Trinajstić information content (AvgIpc) is 2.84. The van der Waals surface area contributed by atoms with Crippen LogP contribution in [0.4, 0.5) is 0 Å². The van der Waals surface area contributed by atoms with Crippen molar-refractivity contribution < 1.29 is 14.3 Å². The van der Waals surface area contributed by atoms with E-state index in [2.05, 4.69) is 55.4 Å². The zero-order chi connectivity index (χ0) is 27.4. The topological polar surface area (TPSA) is 35.5 Å². The Labute approximate surface area is 229 Å². The number of ether oxygens (including phenoxy) is 2. The highest BCUT2D eigenvalue weighted by atomic mass is 16.5. The molecule has 1 aromatic rings. The number of benzene rings is 1. The lowest BCUT2D eigenvalue weighted by atomic mass is 9.83. The maximum absolute atomic E-state index is 10.6. The van der Waals surface area contributed by atoms with E-state index in [-0.39, 0.29) is 5.60 Å². The van der Waals surface area contributed by atoms with Crippen molar-refractivity contribution in [2.75, 3.05) is 6.61 Å². The van der Waals surface area contributed by atoms with Crippen LogP contribution in [0.25, 0.3) is 0 Å². The Morgan fingerprint density at radius 1 is 0.838 bits per heavy atom. The third-order valence-corrected chi connectivity index (χ3v) is 8.80. The van der Waals surface area contributed by atoms with Crippen molar-refractivity contribution in [3.8, 4) is 11.5 Å². The molecule has 0 amide bonds. The fourth-order valence-corrected chi connectivity index (χ4v) is 5.98. The van der Waals surface area contributed by atoms with Crippen LogP contribution in [-0.4, -0.2) is 18.5 Å². The summed E-state index contributed by atoms with van der Waals surface area (Å²) in [5.74, 6) is 4.66. The molecule has 212 valence electrons. The van der Waals surface area contributed by atoms with E-state index in [1.165, 1.54) is 73.6 Å². The van der Waals surface area contributed by atoms with E-state index in [1.807, 2.05) is 0 Å². The highest BCUT2D eigenvalue weighted by Crippen LogP contribution is 2.45. The number of hydrogen-bond acceptors (Lipinski definition) is 3. The quantitative estimate of drug-likeness (QED) is 0.144. The van der Waals surface area contributed by atoms with Crippen molar-refractivity contribution in [2.45, 2.75) is 151 Å². The summed E-state index contributed by atoms with van der Waals surface area (Å²) in [6, 6.07) is 0. The monoisotopic (exact) mass is 514 g/mol. The molecular weight excluding hydrogens is 456 g/mol. The lowest BCUT2D eigenvalue weighted by molar-refractivity contribution is -0.107. The van der Waals surface area contributed by atoms with E-state index in [4.69, 9.17) is 9.47 Å². The molecule has 1 heterocycles. The molecule has 0 bridgehead atoms. The van der Waals surface area contributed by atoms with Crippen LogP contribution in [0.2, 0.25) is 0 Å². The highest BCUT2D eigenvalue weighted by Gasteiger charge is 2.34. The van der Waals surface area contributed by atoms with Crippen LogP contribution in [0.3, 0.4) is 0 Å². The molecule has 0 unspecified atom stereocenters. The van der Waals surface area contributed by atoms with Crippen LogP contribution in [0.5, 0.6) is 11.5 Å². The van der Waals surface area contributed by atoms with Gasteiger partial charge in [0.1, 0.15) is 23.4 Å². The summed E-state index contributed by atoms with van der Waals surface area (Å²) >= 11 is 0. The number of carbonyl (C=O) groups is 1. The summed E-state index contributed by atoms with van der Waals surface area (Å²) in [5, 5.41) is 0. The largest absolute Gasteiger partial charge is 0.493 e. The van der Waals surface area contributed by atoms with Crippen LogP contribution in [-0.2, 0) is 11.2 Å². The second-order valence-corrected chi connectivity index (χ2v) is 12.9. The van der Waals surface area contributed by atoms with Gasteiger partial charge >= 0.3 is 0 Å². The van der Waals surface area contributed by atoms with Crippen molar-refractivity contribution in [3.05, 3.63) is 22.3 Å². The summed E-state index contributed by atoms with van der Waals surface area (Å²) < 4.78 is 13.0. The van der Waals surface area contributed by atoms with E-state index in [9.17, 15) is 4.79 Å². The predicted octanol–water partition coefficient (Wildman–Crippen LogP) is 9.88. The molecule has 0 aromatic heterocycles. The van der Waals surface area contributed by atoms with Crippen LogP contribution in [0.1, 0.15) is 140 Å². The maximum atomic E-state index is 10.6. The van der Waals surface area contributed by atoms with E-state index >= 15 is 0 Å². The zero-order valence-corrected chi connectivity index (χ0v) is 25.6. The molecule has 1 aliphatic heterocycles. The minimum Gasteiger partial charge on any atom is -0.493 e. The van der Waals surface area contributed by atoms with Gasteiger partial charge in [-0.05, 0) is 101 Å². The fraction of sp³-hybridized carbons (Fsp3) is 0.794. The van der Waals surface area contributed by atoms with Crippen molar-refractivity contribution >= 4 is 6.29 Å². The molecule has 3 nitrogen and oxygen atoms in total. The van der Waals surface area contributed by atoms with Gasteiger partial charge in [-0.2, -0.15) is 0 Å². The standard InChI is InChI=1S/C34H58O3/c1-25(2)15-12-16-26(3)17-13-18-27(4)19-14-21-34(8)22-20-31-30(7)32(36-24-11-9-10-23-35)28(5)29(6)33(31)37-34/h23,25-27H,9-22,24H2,1-8H3/t26-,27-,34-/m1/s1. The van der Waals surface area contributed by atoms with Gasteiger partial charge in [0.2, 0.25) is 0 Å². The Hall–Kier alpha value is -1.51. The minimum atomic E-state index is -0.0709. The lowest BCUT2D eigenvalue weighted by Gasteiger charge is -2.38. The molecule has 1 aromatic carbocycles. The van der Waals surface area contributed by atoms with Gasteiger partial charge in [-0.1, -0.05) is 72.6 Å². The number of aldehydes is 1. The second-order valence-electron chi connectivity index (χ2n) is 12.9. The van der Waals surface area contributed by atoms with Crippen LogP contribution < -0.4 is 9.47 Å². The summed E-state index contributed by atoms with van der Waals surface area (Å²) in [5.41, 5.74) is 4.92. The SMILES string of the molecule is Cc1c(C)c2c(c(C)c1OCCCCC=O)CC[C@@](C)(CCC[C@H](C)CCC[C@H](C)CCCC(C)C)O2. The molecule has 2 rings (SSSR count). The lowest BCUT2D eigenvalue weighted by Crippen LogP contribution is -2.37. The third-order valence-electron chi connectivity index (χ3n) is 8.80. The first kappa shape index (κ1) is 31.7. The van der Waals surface area contributed by atoms with Crippen LogP contribution in [0, 0.1) is 38.5 Å². The summed E-state index contributed by atoms with van der Waals surface area (Å²) in [7, 11) is 0. The summed E-state index contributed by atoms with van der Waals surface area (Å²) in [4.78, 5) is 10.6. The van der Waals surface area contributed by atoms with Crippen molar-refractivity contribution in [3.63, 3.8) is 0 Å². The Morgan fingerprint density at radius 3 is 2.08 bits per heavy atom. The van der Waals surface area contributed by atoms with Crippen molar-refractivity contribution in [1.82, 2.24) is 0 Å². The summed E-state index contributed by atoms with van der Waals surface area (Å²) in [6.45, 7) is 19.1. The van der Waals surface area contributed by atoms with E-state index < -0.39 is 0 Å². The van der Waals surface area contributed by atoms with Gasteiger partial charge in [-0.15, -0.1) is 0 Å². The smallest absolute Gasteiger partial charge is 0.127 e. The molecule has 0 saturated carbocycles. The van der Waals surface area contributed by atoms with Crippen molar-refractivity contribution in [1.29, 1.82) is 0 Å². The van der Waals surface area contributed by atoms with Crippen LogP contribution in [0.15, 0.2) is 0 Å². The predicted molar refractivity (Wildman–Crippen MR) is 158 cm³/mol. The minimum absolute atomic E-state index is 0.0709. The normalized spacial score (nSPS) is 18.8. The van der Waals surface area contributed by atoms with Gasteiger partial charge < -0.3 is 14.3 Å². The van der Waals surface area contributed by atoms with Crippen LogP contribution >= 0.6 is 0 Å². The first-order valence-corrected chi connectivity index (χ1v) is 15.5. The number of rotatable bonds is 18. The highest BCUT2D eigenvalue weighted by molar-refractivity contribution is 5.59. The van der Waals surface area contributed by atoms with Gasteiger partial charge in [-0.25, -0.2) is 0 Å². The molecule has 37 heavy (non-hydrogen) atoms. The second kappa shape index (κ2) is 15.8. The molecule has 0 aliphatic carbocycles. The third kappa shape index (κ3) is 10.3. The molecule has 3 atom stereocenters. The van der Waals surface area contributed by atoms with E-state index in [1.54, 1.807) is 0 Å². The van der Waals surface area contributed by atoms with Gasteiger partial charge in [0.25, 0.3) is 0 Å². The molecule has 0 N–H and O–H groups in total. The Morgan fingerprint density at radius 2 is 1.46 bits per heavy atom. The van der Waals surface area contributed by atoms with Gasteiger partial charge in [0.15, 0.2) is 0 Å². The molecule has 0 radical (unpaired) electrons. The first-order valence-electron chi connectivity index (χ1n) is 15.5. The average molecular weight is 515 g/mol. The molecule has 0 spiro atoms. The Bertz CT molecular complexity index is 827. The first-order chi connectivity index (χ1) is 17.6. The Balaban J connectivity index is 1.81. The van der Waals surface area contributed by atoms with E-state index in [0.717, 1.165) is 67.6 Å². The molecule has 0 saturated heterocycles. The number of carbonyl (C=O) groups excluding carboxylic acids is 1. The van der Waals surface area contributed by atoms with Crippen molar-refractivity contribution in [2.24, 2.45) is 17.8 Å². The molecule has 1 aliphatic rings. The number of hydrogen-bond donors (Lipinski definition) is 0. The van der Waals surface area contributed by atoms with Gasteiger partial charge in [-0.3, -0.25) is 0 Å². The molecule has 3 heteroatoms. The maximum Gasteiger partial charge on any atom is 0.127 e. The van der Waals surface area contributed by atoms with E-state index in [0.29, 0.717) is 13.0 Å².